The second-order valence-electron chi connectivity index (χ2n) is 4.15. The number of benzene rings is 1. The maximum absolute atomic E-state index is 6.10. The van der Waals surface area contributed by atoms with Crippen molar-refractivity contribution in [1.82, 2.24) is 15.0 Å². The molecular weight excluding hydrogens is 338 g/mol. The number of pyridine rings is 1. The van der Waals surface area contributed by atoms with E-state index < -0.39 is 0 Å². The zero-order valence-electron chi connectivity index (χ0n) is 10.3. The van der Waals surface area contributed by atoms with Crippen molar-refractivity contribution in [2.24, 2.45) is 0 Å². The smallest absolute Gasteiger partial charge is 0.163 e. The van der Waals surface area contributed by atoms with E-state index in [0.29, 0.717) is 11.0 Å². The molecule has 0 radical (unpaired) electrons. The molecule has 2 aromatic heterocycles. The molecule has 0 atom stereocenters. The molecule has 0 saturated heterocycles. The molecule has 3 rings (SSSR count). The van der Waals surface area contributed by atoms with E-state index in [1.165, 1.54) is 0 Å². The molecule has 0 N–H and O–H groups in total. The molecule has 0 aliphatic rings. The van der Waals surface area contributed by atoms with Gasteiger partial charge in [-0.15, -0.1) is 0 Å². The van der Waals surface area contributed by atoms with Gasteiger partial charge in [0.15, 0.2) is 5.82 Å². The van der Waals surface area contributed by atoms with E-state index in [-0.39, 0.29) is 0 Å². The molecule has 0 saturated carbocycles. The van der Waals surface area contributed by atoms with Crippen LogP contribution >= 0.6 is 27.5 Å². The topological polar surface area (TPSA) is 38.7 Å². The molecule has 0 amide bonds. The molecule has 0 fully saturated rings. The average molecular weight is 347 g/mol. The predicted molar refractivity (Wildman–Crippen MR) is 83.4 cm³/mol. The summed E-state index contributed by atoms with van der Waals surface area (Å²) in [5, 5.41) is 0.414. The Morgan fingerprint density at radius 1 is 0.950 bits per heavy atom. The van der Waals surface area contributed by atoms with Crippen LogP contribution in [0.3, 0.4) is 0 Å². The van der Waals surface area contributed by atoms with E-state index in [9.17, 15) is 0 Å². The van der Waals surface area contributed by atoms with Gasteiger partial charge in [-0.2, -0.15) is 0 Å². The van der Waals surface area contributed by atoms with Crippen molar-refractivity contribution in [3.05, 3.63) is 64.5 Å². The van der Waals surface area contributed by atoms with Crippen molar-refractivity contribution in [1.29, 1.82) is 0 Å². The lowest BCUT2D eigenvalue weighted by molar-refractivity contribution is 1.17. The highest BCUT2D eigenvalue weighted by Crippen LogP contribution is 2.25. The molecule has 2 heterocycles. The number of aromatic nitrogens is 3. The van der Waals surface area contributed by atoms with Crippen LogP contribution in [0.1, 0.15) is 0 Å². The van der Waals surface area contributed by atoms with Gasteiger partial charge in [-0.25, -0.2) is 9.97 Å². The van der Waals surface area contributed by atoms with Gasteiger partial charge in [0.2, 0.25) is 0 Å². The highest BCUT2D eigenvalue weighted by Gasteiger charge is 2.07. The molecule has 3 aromatic rings. The van der Waals surface area contributed by atoms with Gasteiger partial charge in [0, 0.05) is 34.1 Å². The molecule has 0 spiro atoms. The summed E-state index contributed by atoms with van der Waals surface area (Å²) in [6.45, 7) is 0. The SMILES string of the molecule is Clc1cc(-c2ccc(Br)cc2)nc(-c2cccnc2)n1. The fourth-order valence-electron chi connectivity index (χ4n) is 1.81. The van der Waals surface area contributed by atoms with Crippen molar-refractivity contribution in [3.8, 4) is 22.6 Å². The van der Waals surface area contributed by atoms with Gasteiger partial charge in [-0.1, -0.05) is 39.7 Å². The van der Waals surface area contributed by atoms with Gasteiger partial charge in [0.05, 0.1) is 5.69 Å². The zero-order valence-corrected chi connectivity index (χ0v) is 12.6. The van der Waals surface area contributed by atoms with Gasteiger partial charge in [-0.3, -0.25) is 4.98 Å². The van der Waals surface area contributed by atoms with E-state index in [4.69, 9.17) is 11.6 Å². The number of hydrogen-bond acceptors (Lipinski definition) is 3. The molecule has 1 aromatic carbocycles. The first-order chi connectivity index (χ1) is 9.72. The first kappa shape index (κ1) is 13.2. The fourth-order valence-corrected chi connectivity index (χ4v) is 2.26. The van der Waals surface area contributed by atoms with Crippen LogP contribution in [-0.4, -0.2) is 15.0 Å². The summed E-state index contributed by atoms with van der Waals surface area (Å²) in [4.78, 5) is 12.9. The summed E-state index contributed by atoms with van der Waals surface area (Å²) < 4.78 is 1.02. The van der Waals surface area contributed by atoms with Gasteiger partial charge in [-0.05, 0) is 24.3 Å². The molecule has 0 aliphatic carbocycles. The largest absolute Gasteiger partial charge is 0.264 e. The molecule has 0 aliphatic heterocycles. The van der Waals surface area contributed by atoms with E-state index >= 15 is 0 Å². The lowest BCUT2D eigenvalue weighted by Crippen LogP contribution is -1.93. The summed E-state index contributed by atoms with van der Waals surface area (Å²) in [5.74, 6) is 0.573. The van der Waals surface area contributed by atoms with Gasteiger partial charge in [0.1, 0.15) is 5.15 Å². The minimum atomic E-state index is 0.414. The summed E-state index contributed by atoms with van der Waals surface area (Å²) in [6.07, 6.45) is 3.43. The van der Waals surface area contributed by atoms with Crippen molar-refractivity contribution in [2.45, 2.75) is 0 Å². The normalized spacial score (nSPS) is 10.5. The molecule has 0 unspecified atom stereocenters. The highest BCUT2D eigenvalue weighted by molar-refractivity contribution is 9.10. The number of rotatable bonds is 2. The molecule has 5 heteroatoms. The lowest BCUT2D eigenvalue weighted by atomic mass is 10.1. The van der Waals surface area contributed by atoms with Crippen LogP contribution in [0, 0.1) is 0 Å². The van der Waals surface area contributed by atoms with Gasteiger partial charge < -0.3 is 0 Å². The Hall–Kier alpha value is -1.78. The monoisotopic (exact) mass is 345 g/mol. The van der Waals surface area contributed by atoms with E-state index in [1.807, 2.05) is 36.4 Å². The Balaban J connectivity index is 2.09. The van der Waals surface area contributed by atoms with Crippen molar-refractivity contribution in [3.63, 3.8) is 0 Å². The summed E-state index contributed by atoms with van der Waals surface area (Å²) in [7, 11) is 0. The minimum Gasteiger partial charge on any atom is -0.264 e. The number of nitrogens with zero attached hydrogens (tertiary/aromatic N) is 3. The highest BCUT2D eigenvalue weighted by atomic mass is 79.9. The van der Waals surface area contributed by atoms with Crippen molar-refractivity contribution < 1.29 is 0 Å². The Kier molecular flexibility index (Phi) is 3.76. The maximum atomic E-state index is 6.10. The molecular formula is C15H9BrClN3. The minimum absolute atomic E-state index is 0.414. The molecule has 0 bridgehead atoms. The molecule has 98 valence electrons. The second kappa shape index (κ2) is 5.69. The average Bonchev–Trinajstić information content (AvgIpc) is 2.48. The van der Waals surface area contributed by atoms with E-state index in [0.717, 1.165) is 21.3 Å². The van der Waals surface area contributed by atoms with Crippen molar-refractivity contribution >= 4 is 27.5 Å². The maximum Gasteiger partial charge on any atom is 0.163 e. The summed E-state index contributed by atoms with van der Waals surface area (Å²) in [6, 6.07) is 13.4. The van der Waals surface area contributed by atoms with Crippen LogP contribution in [0.25, 0.3) is 22.6 Å². The zero-order chi connectivity index (χ0) is 13.9. The van der Waals surface area contributed by atoms with Crippen molar-refractivity contribution in [2.75, 3.05) is 0 Å². The van der Waals surface area contributed by atoms with Gasteiger partial charge in [0.25, 0.3) is 0 Å². The van der Waals surface area contributed by atoms with Crippen LogP contribution in [0.5, 0.6) is 0 Å². The summed E-state index contributed by atoms with van der Waals surface area (Å²) >= 11 is 9.52. The number of halogens is 2. The Morgan fingerprint density at radius 2 is 1.75 bits per heavy atom. The van der Waals surface area contributed by atoms with Crippen LogP contribution in [0.15, 0.2) is 59.3 Å². The first-order valence-corrected chi connectivity index (χ1v) is 7.10. The van der Waals surface area contributed by atoms with E-state index in [2.05, 4.69) is 30.9 Å². The Labute approximate surface area is 129 Å². The third-order valence-corrected chi connectivity index (χ3v) is 3.48. The van der Waals surface area contributed by atoms with Crippen LogP contribution < -0.4 is 0 Å². The fraction of sp³-hybridized carbons (Fsp3) is 0. The quantitative estimate of drug-likeness (QED) is 0.635. The summed E-state index contributed by atoms with van der Waals surface area (Å²) in [5.41, 5.74) is 2.62. The second-order valence-corrected chi connectivity index (χ2v) is 5.45. The third-order valence-electron chi connectivity index (χ3n) is 2.75. The van der Waals surface area contributed by atoms with Crippen LogP contribution in [-0.2, 0) is 0 Å². The van der Waals surface area contributed by atoms with Crippen LogP contribution in [0.4, 0.5) is 0 Å². The predicted octanol–water partition coefficient (Wildman–Crippen LogP) is 4.62. The van der Waals surface area contributed by atoms with Gasteiger partial charge >= 0.3 is 0 Å². The molecule has 3 nitrogen and oxygen atoms in total. The van der Waals surface area contributed by atoms with Crippen LogP contribution in [0.2, 0.25) is 5.15 Å². The number of hydrogen-bond donors (Lipinski definition) is 0. The first-order valence-electron chi connectivity index (χ1n) is 5.93. The standard InChI is InChI=1S/C15H9BrClN3/c16-12-5-3-10(4-6-12)13-8-14(17)20-15(19-13)11-2-1-7-18-9-11/h1-9H. The lowest BCUT2D eigenvalue weighted by Gasteiger charge is -2.05. The third kappa shape index (κ3) is 2.86. The van der Waals surface area contributed by atoms with E-state index in [1.54, 1.807) is 18.5 Å². The Bertz CT molecular complexity index is 730. The molecule has 20 heavy (non-hydrogen) atoms. The Morgan fingerprint density at radius 3 is 2.45 bits per heavy atom.